The van der Waals surface area contributed by atoms with Gasteiger partial charge in [-0.05, 0) is 37.2 Å². The van der Waals surface area contributed by atoms with E-state index in [-0.39, 0.29) is 15.2 Å². The Morgan fingerprint density at radius 3 is 2.50 bits per heavy atom. The third-order valence-corrected chi connectivity index (χ3v) is 6.80. The van der Waals surface area contributed by atoms with Crippen LogP contribution in [0, 0.1) is 18.3 Å². The average molecular weight is 317 g/mol. The largest absolute Gasteiger partial charge is 0.477 e. The fourth-order valence-electron chi connectivity index (χ4n) is 2.27. The van der Waals surface area contributed by atoms with Gasteiger partial charge in [-0.25, -0.2) is 17.9 Å². The Bertz CT molecular complexity index is 627. The summed E-state index contributed by atoms with van der Waals surface area (Å²) in [4.78, 5) is 11.5. The Hall–Kier alpha value is -0.920. The lowest BCUT2D eigenvalue weighted by atomic mass is 9.93. The van der Waals surface area contributed by atoms with Crippen LogP contribution in [-0.4, -0.2) is 26.0 Å². The zero-order chi connectivity index (χ0) is 15.1. The number of carbonyl (C=O) groups is 1. The molecule has 0 radical (unpaired) electrons. The van der Waals surface area contributed by atoms with Crippen molar-refractivity contribution in [3.8, 4) is 0 Å². The summed E-state index contributed by atoms with van der Waals surface area (Å²) in [5.41, 5.74) is 0.0760. The smallest absolute Gasteiger partial charge is 0.345 e. The lowest BCUT2D eigenvalue weighted by molar-refractivity contribution is 0.0702. The maximum absolute atomic E-state index is 12.3. The molecule has 0 amide bonds. The normalized spacial score (nSPS) is 17.4. The van der Waals surface area contributed by atoms with Crippen molar-refractivity contribution in [3.05, 3.63) is 15.8 Å². The van der Waals surface area contributed by atoms with Crippen molar-refractivity contribution < 1.29 is 18.3 Å². The molecule has 1 aromatic heterocycles. The van der Waals surface area contributed by atoms with Crippen molar-refractivity contribution in [3.63, 3.8) is 0 Å². The molecule has 0 atom stereocenters. The van der Waals surface area contributed by atoms with E-state index >= 15 is 0 Å². The summed E-state index contributed by atoms with van der Waals surface area (Å²) in [7, 11) is -3.63. The summed E-state index contributed by atoms with van der Waals surface area (Å²) in [5, 5.41) is 8.93. The first-order valence-electron chi connectivity index (χ1n) is 6.51. The number of thiophene rings is 1. The Morgan fingerprint density at radius 1 is 1.50 bits per heavy atom. The topological polar surface area (TPSA) is 83.5 Å². The van der Waals surface area contributed by atoms with Gasteiger partial charge in [-0.15, -0.1) is 11.3 Å². The number of sulfonamides is 1. The third kappa shape index (κ3) is 2.89. The van der Waals surface area contributed by atoms with Gasteiger partial charge in [0.05, 0.1) is 4.90 Å². The quantitative estimate of drug-likeness (QED) is 0.844. The van der Waals surface area contributed by atoms with Gasteiger partial charge >= 0.3 is 5.97 Å². The van der Waals surface area contributed by atoms with Crippen LogP contribution in [0.15, 0.2) is 11.0 Å². The number of rotatable bonds is 6. The van der Waals surface area contributed by atoms with Crippen molar-refractivity contribution >= 4 is 27.3 Å². The second kappa shape index (κ2) is 5.13. The standard InChI is InChI=1S/C13H19NO4S2/c1-8(2)13(4-5-13)7-14-20(17,18)11-6-10(12(15)16)19-9(11)3/h6,8,14H,4-5,7H2,1-3H3,(H,15,16). The molecule has 2 rings (SSSR count). The van der Waals surface area contributed by atoms with Gasteiger partial charge in [-0.3, -0.25) is 0 Å². The second-order valence-electron chi connectivity index (χ2n) is 5.68. The van der Waals surface area contributed by atoms with Crippen molar-refractivity contribution in [1.82, 2.24) is 4.72 Å². The first-order chi connectivity index (χ1) is 9.18. The van der Waals surface area contributed by atoms with Crippen molar-refractivity contribution in [2.24, 2.45) is 11.3 Å². The van der Waals surface area contributed by atoms with Gasteiger partial charge in [0, 0.05) is 11.4 Å². The van der Waals surface area contributed by atoms with Gasteiger partial charge < -0.3 is 5.11 Å². The first kappa shape index (κ1) is 15.5. The fraction of sp³-hybridized carbons (Fsp3) is 0.615. The molecule has 1 saturated carbocycles. The summed E-state index contributed by atoms with van der Waals surface area (Å²) >= 11 is 0.986. The molecule has 1 aliphatic rings. The maximum Gasteiger partial charge on any atom is 0.345 e. The third-order valence-electron chi connectivity index (χ3n) is 4.10. The molecule has 112 valence electrons. The van der Waals surface area contributed by atoms with Gasteiger partial charge in [0.1, 0.15) is 4.88 Å². The molecule has 0 saturated heterocycles. The summed E-state index contributed by atoms with van der Waals surface area (Å²) in [6.45, 7) is 6.24. The van der Waals surface area contributed by atoms with Gasteiger partial charge in [-0.1, -0.05) is 13.8 Å². The van der Waals surface area contributed by atoms with Gasteiger partial charge in [0.2, 0.25) is 10.0 Å². The number of hydrogen-bond acceptors (Lipinski definition) is 4. The highest BCUT2D eigenvalue weighted by molar-refractivity contribution is 7.89. The van der Waals surface area contributed by atoms with Crippen molar-refractivity contribution in [2.45, 2.75) is 38.5 Å². The number of carboxylic acids is 1. The van der Waals surface area contributed by atoms with Crippen LogP contribution in [0.25, 0.3) is 0 Å². The summed E-state index contributed by atoms with van der Waals surface area (Å²) < 4.78 is 27.2. The predicted octanol–water partition coefficient (Wildman–Crippen LogP) is 2.47. The summed E-state index contributed by atoms with van der Waals surface area (Å²) in [5.74, 6) is -0.663. The molecule has 5 nitrogen and oxygen atoms in total. The Balaban J connectivity index is 2.17. The van der Waals surface area contributed by atoms with E-state index in [0.29, 0.717) is 17.3 Å². The van der Waals surface area contributed by atoms with Crippen LogP contribution >= 0.6 is 11.3 Å². The molecule has 1 fully saturated rings. The number of hydrogen-bond donors (Lipinski definition) is 2. The van der Waals surface area contributed by atoms with Crippen LogP contribution in [0.2, 0.25) is 0 Å². The zero-order valence-corrected chi connectivity index (χ0v) is 13.4. The molecule has 1 aromatic rings. The average Bonchev–Trinajstić information content (AvgIpc) is 3.03. The van der Waals surface area contributed by atoms with E-state index in [1.807, 2.05) is 0 Å². The van der Waals surface area contributed by atoms with E-state index in [1.165, 1.54) is 6.07 Å². The highest BCUT2D eigenvalue weighted by Gasteiger charge is 2.45. The predicted molar refractivity (Wildman–Crippen MR) is 77.7 cm³/mol. The monoisotopic (exact) mass is 317 g/mol. The molecule has 20 heavy (non-hydrogen) atoms. The Kier molecular flexibility index (Phi) is 3.96. The minimum absolute atomic E-state index is 0.0490. The highest BCUT2D eigenvalue weighted by atomic mass is 32.2. The summed E-state index contributed by atoms with van der Waals surface area (Å²) in [6.07, 6.45) is 2.08. The molecular formula is C13H19NO4S2. The molecule has 7 heteroatoms. The first-order valence-corrected chi connectivity index (χ1v) is 8.81. The molecule has 0 aliphatic heterocycles. The lowest BCUT2D eigenvalue weighted by Gasteiger charge is -2.19. The zero-order valence-electron chi connectivity index (χ0n) is 11.8. The van der Waals surface area contributed by atoms with Gasteiger partial charge in [-0.2, -0.15) is 0 Å². The van der Waals surface area contributed by atoms with Crippen LogP contribution in [0.4, 0.5) is 0 Å². The Morgan fingerprint density at radius 2 is 2.10 bits per heavy atom. The van der Waals surface area contributed by atoms with Crippen LogP contribution < -0.4 is 4.72 Å². The maximum atomic E-state index is 12.3. The minimum Gasteiger partial charge on any atom is -0.477 e. The molecule has 1 aliphatic carbocycles. The fourth-order valence-corrected chi connectivity index (χ4v) is 4.84. The van der Waals surface area contributed by atoms with Crippen LogP contribution in [-0.2, 0) is 10.0 Å². The molecular weight excluding hydrogens is 298 g/mol. The number of aryl methyl sites for hydroxylation is 1. The van der Waals surface area contributed by atoms with Crippen LogP contribution in [0.5, 0.6) is 0 Å². The van der Waals surface area contributed by atoms with E-state index in [0.717, 1.165) is 24.2 Å². The highest BCUT2D eigenvalue weighted by Crippen LogP contribution is 2.51. The van der Waals surface area contributed by atoms with Gasteiger partial charge in [0.25, 0.3) is 0 Å². The molecule has 0 bridgehead atoms. The molecule has 0 aromatic carbocycles. The summed E-state index contributed by atoms with van der Waals surface area (Å²) in [6, 6.07) is 1.24. The van der Waals surface area contributed by atoms with Crippen molar-refractivity contribution in [2.75, 3.05) is 6.54 Å². The van der Waals surface area contributed by atoms with Crippen LogP contribution in [0.3, 0.4) is 0 Å². The Labute approximate surface area is 123 Å². The minimum atomic E-state index is -3.63. The van der Waals surface area contributed by atoms with E-state index in [2.05, 4.69) is 18.6 Å². The second-order valence-corrected chi connectivity index (χ2v) is 8.67. The van der Waals surface area contributed by atoms with E-state index < -0.39 is 16.0 Å². The molecule has 0 spiro atoms. The van der Waals surface area contributed by atoms with E-state index in [1.54, 1.807) is 6.92 Å². The SMILES string of the molecule is Cc1sc(C(=O)O)cc1S(=O)(=O)NCC1(C(C)C)CC1. The van der Waals surface area contributed by atoms with Gasteiger partial charge in [0.15, 0.2) is 0 Å². The molecule has 1 heterocycles. The van der Waals surface area contributed by atoms with Crippen LogP contribution in [0.1, 0.15) is 41.2 Å². The number of aromatic carboxylic acids is 1. The lowest BCUT2D eigenvalue weighted by Crippen LogP contribution is -2.32. The number of nitrogens with one attached hydrogen (secondary N) is 1. The molecule has 2 N–H and O–H groups in total. The van der Waals surface area contributed by atoms with Crippen molar-refractivity contribution in [1.29, 1.82) is 0 Å². The number of carboxylic acid groups (broad SMARTS) is 1. The van der Waals surface area contributed by atoms with E-state index in [4.69, 9.17) is 5.11 Å². The van der Waals surface area contributed by atoms with E-state index in [9.17, 15) is 13.2 Å². The molecule has 0 unspecified atom stereocenters.